The summed E-state index contributed by atoms with van der Waals surface area (Å²) in [6.45, 7) is 12.0. The van der Waals surface area contributed by atoms with Crippen LogP contribution in [0.15, 0.2) is 5.28 Å². The number of likely N-dealkylation sites (tertiary alicyclic amines) is 1. The van der Waals surface area contributed by atoms with E-state index in [1.807, 2.05) is 41.5 Å². The zero-order valence-corrected chi connectivity index (χ0v) is 14.6. The summed E-state index contributed by atoms with van der Waals surface area (Å²) in [6, 6.07) is 0. The summed E-state index contributed by atoms with van der Waals surface area (Å²) in [5.74, 6) is 0. The molecule has 0 unspecified atom stereocenters. The molecular formula is C14H28N4O4. The van der Waals surface area contributed by atoms with Crippen molar-refractivity contribution in [2.75, 3.05) is 20.1 Å². The summed E-state index contributed by atoms with van der Waals surface area (Å²) in [6.07, 6.45) is -0.0442. The minimum atomic E-state index is -0.526. The molecule has 0 radical (unpaired) electrons. The monoisotopic (exact) mass is 316 g/mol. The van der Waals surface area contributed by atoms with E-state index in [-0.39, 0.29) is 17.7 Å². The standard InChI is InChI=1S/C14H28N4O4/c1-13(2,3)16(7)18(20)15-22-11-8-9-17(10-11)12(19)21-14(4,5)6/h11H,8-10H2,1-7H3/b18-15+/t11-/m1/s1. The second-order valence-electron chi connectivity index (χ2n) is 7.47. The maximum Gasteiger partial charge on any atom is 0.410 e. The minimum Gasteiger partial charge on any atom is -0.569 e. The maximum absolute atomic E-state index is 11.9. The molecule has 0 bridgehead atoms. The van der Waals surface area contributed by atoms with Crippen molar-refractivity contribution in [3.05, 3.63) is 5.21 Å². The predicted octanol–water partition coefficient (Wildman–Crippen LogP) is 2.54. The Morgan fingerprint density at radius 1 is 1.32 bits per heavy atom. The third-order valence-corrected chi connectivity index (χ3v) is 3.29. The van der Waals surface area contributed by atoms with E-state index in [0.29, 0.717) is 24.5 Å². The van der Waals surface area contributed by atoms with Crippen molar-refractivity contribution in [2.24, 2.45) is 5.28 Å². The van der Waals surface area contributed by atoms with Gasteiger partial charge in [-0.05, 0) is 41.5 Å². The molecule has 0 spiro atoms. The number of carbonyl (C=O) groups excluding carboxylic acids is 1. The van der Waals surface area contributed by atoms with Crippen LogP contribution in [0.4, 0.5) is 4.79 Å². The van der Waals surface area contributed by atoms with E-state index in [4.69, 9.17) is 9.57 Å². The van der Waals surface area contributed by atoms with Crippen LogP contribution in [0.1, 0.15) is 48.0 Å². The van der Waals surface area contributed by atoms with Gasteiger partial charge in [0.05, 0.1) is 24.1 Å². The predicted molar refractivity (Wildman–Crippen MR) is 80.9 cm³/mol. The van der Waals surface area contributed by atoms with Crippen LogP contribution in [0.2, 0.25) is 0 Å². The first-order valence-electron chi connectivity index (χ1n) is 7.46. The van der Waals surface area contributed by atoms with E-state index < -0.39 is 5.60 Å². The highest BCUT2D eigenvalue weighted by Crippen LogP contribution is 2.18. The lowest BCUT2D eigenvalue weighted by Gasteiger charge is -2.26. The molecule has 128 valence electrons. The van der Waals surface area contributed by atoms with Gasteiger partial charge in [-0.25, -0.2) is 4.79 Å². The number of hydrogen-bond acceptors (Lipinski definition) is 5. The van der Waals surface area contributed by atoms with Gasteiger partial charge in [0.15, 0.2) is 6.10 Å². The largest absolute Gasteiger partial charge is 0.569 e. The molecule has 0 aromatic heterocycles. The van der Waals surface area contributed by atoms with Crippen LogP contribution in [0.3, 0.4) is 0 Å². The number of carbonyl (C=O) groups is 1. The Labute approximate surface area is 132 Å². The highest BCUT2D eigenvalue weighted by atomic mass is 16.7. The van der Waals surface area contributed by atoms with Crippen LogP contribution in [-0.4, -0.2) is 58.4 Å². The summed E-state index contributed by atoms with van der Waals surface area (Å²) in [4.78, 5) is 19.2. The fraction of sp³-hybridized carbons (Fsp3) is 0.929. The van der Waals surface area contributed by atoms with Gasteiger partial charge in [-0.3, -0.25) is 0 Å². The summed E-state index contributed by atoms with van der Waals surface area (Å²) in [5.41, 5.74) is -0.880. The van der Waals surface area contributed by atoms with Crippen molar-refractivity contribution in [1.82, 2.24) is 9.91 Å². The van der Waals surface area contributed by atoms with Crippen LogP contribution in [0, 0.1) is 5.21 Å². The van der Waals surface area contributed by atoms with Gasteiger partial charge >= 0.3 is 6.09 Å². The molecule has 8 heteroatoms. The molecule has 1 aliphatic heterocycles. The van der Waals surface area contributed by atoms with E-state index in [1.54, 1.807) is 11.9 Å². The SMILES string of the molecule is CN(/[N+]([O-])=N\O[C@@H]1CCN(C(=O)OC(C)(C)C)C1)C(C)(C)C. The molecule has 0 aliphatic carbocycles. The van der Waals surface area contributed by atoms with Crippen molar-refractivity contribution in [1.29, 1.82) is 0 Å². The summed E-state index contributed by atoms with van der Waals surface area (Å²) in [5, 5.41) is 16.8. The molecule has 1 saturated heterocycles. The lowest BCUT2D eigenvalue weighted by atomic mass is 10.1. The van der Waals surface area contributed by atoms with Gasteiger partial charge in [0.1, 0.15) is 5.60 Å². The molecule has 1 amide bonds. The Morgan fingerprint density at radius 2 is 1.91 bits per heavy atom. The highest BCUT2D eigenvalue weighted by molar-refractivity contribution is 5.68. The van der Waals surface area contributed by atoms with Crippen LogP contribution in [0.5, 0.6) is 0 Å². The Bertz CT molecular complexity index is 426. The van der Waals surface area contributed by atoms with Crippen LogP contribution < -0.4 is 0 Å². The number of nitrogens with zero attached hydrogens (tertiary/aromatic N) is 4. The topological polar surface area (TPSA) is 80.4 Å². The maximum atomic E-state index is 11.9. The normalized spacial score (nSPS) is 20.0. The van der Waals surface area contributed by atoms with Gasteiger partial charge in [0, 0.05) is 13.0 Å². The first-order valence-corrected chi connectivity index (χ1v) is 7.46. The summed E-state index contributed by atoms with van der Waals surface area (Å²) in [7, 11) is 1.64. The second-order valence-corrected chi connectivity index (χ2v) is 7.47. The number of ether oxygens (including phenoxy) is 1. The smallest absolute Gasteiger partial charge is 0.410 e. The van der Waals surface area contributed by atoms with Crippen molar-refractivity contribution in [3.8, 4) is 0 Å². The quantitative estimate of drug-likeness (QED) is 0.454. The van der Waals surface area contributed by atoms with Crippen molar-refractivity contribution < 1.29 is 19.3 Å². The van der Waals surface area contributed by atoms with Gasteiger partial charge in [0.2, 0.25) is 5.28 Å². The van der Waals surface area contributed by atoms with Gasteiger partial charge in [-0.15, -0.1) is 5.01 Å². The molecule has 8 nitrogen and oxygen atoms in total. The third-order valence-electron chi connectivity index (χ3n) is 3.29. The van der Waals surface area contributed by atoms with Crippen LogP contribution in [0.25, 0.3) is 0 Å². The molecular weight excluding hydrogens is 288 g/mol. The molecule has 0 N–H and O–H groups in total. The molecule has 0 saturated carbocycles. The third kappa shape index (κ3) is 5.57. The Morgan fingerprint density at radius 3 is 2.41 bits per heavy atom. The minimum absolute atomic E-state index is 0.294. The first kappa shape index (κ1) is 18.3. The molecule has 0 aromatic carbocycles. The lowest BCUT2D eigenvalue weighted by Crippen LogP contribution is -2.42. The van der Waals surface area contributed by atoms with Crippen LogP contribution >= 0.6 is 0 Å². The van der Waals surface area contributed by atoms with E-state index in [1.165, 1.54) is 5.01 Å². The fourth-order valence-electron chi connectivity index (χ4n) is 1.72. The lowest BCUT2D eigenvalue weighted by molar-refractivity contribution is -0.720. The highest BCUT2D eigenvalue weighted by Gasteiger charge is 2.32. The fourth-order valence-corrected chi connectivity index (χ4v) is 1.72. The average molecular weight is 316 g/mol. The van der Waals surface area contributed by atoms with E-state index in [0.717, 1.165) is 0 Å². The Balaban J connectivity index is 2.49. The molecule has 22 heavy (non-hydrogen) atoms. The molecule has 1 atom stereocenters. The van der Waals surface area contributed by atoms with Gasteiger partial charge in [0.25, 0.3) is 0 Å². The number of amides is 1. The average Bonchev–Trinajstić information content (AvgIpc) is 2.80. The molecule has 1 rings (SSSR count). The van der Waals surface area contributed by atoms with Crippen LogP contribution in [-0.2, 0) is 9.57 Å². The van der Waals surface area contributed by atoms with Gasteiger partial charge < -0.3 is 19.7 Å². The van der Waals surface area contributed by atoms with Gasteiger partial charge in [-0.2, -0.15) is 0 Å². The second kappa shape index (κ2) is 6.58. The van der Waals surface area contributed by atoms with Crippen molar-refractivity contribution in [2.45, 2.75) is 65.2 Å². The number of hydrogen-bond donors (Lipinski definition) is 0. The molecule has 1 fully saturated rings. The van der Waals surface area contributed by atoms with E-state index >= 15 is 0 Å². The summed E-state index contributed by atoms with van der Waals surface area (Å²) >= 11 is 0. The van der Waals surface area contributed by atoms with Crippen molar-refractivity contribution >= 4 is 6.09 Å². The van der Waals surface area contributed by atoms with E-state index in [2.05, 4.69) is 5.28 Å². The van der Waals surface area contributed by atoms with E-state index in [9.17, 15) is 10.0 Å². The van der Waals surface area contributed by atoms with Crippen molar-refractivity contribution in [3.63, 3.8) is 0 Å². The Hall–Kier alpha value is -1.73. The number of rotatable bonds is 3. The molecule has 0 aromatic rings. The number of hydrazine groups is 1. The first-order chi connectivity index (χ1) is 9.90. The van der Waals surface area contributed by atoms with Gasteiger partial charge in [-0.1, -0.05) is 0 Å². The molecule has 1 aliphatic rings. The Kier molecular flexibility index (Phi) is 5.48. The zero-order valence-electron chi connectivity index (χ0n) is 14.6. The molecule has 1 heterocycles. The summed E-state index contributed by atoms with van der Waals surface area (Å²) < 4.78 is 5.30. The zero-order chi connectivity index (χ0) is 17.1.